The molecule has 0 spiro atoms. The Kier molecular flexibility index (Phi) is 4.03. The molecule has 0 radical (unpaired) electrons. The molecule has 21 heavy (non-hydrogen) atoms. The number of rotatable bonds is 3. The Morgan fingerprint density at radius 3 is 2.48 bits per heavy atom. The van der Waals surface area contributed by atoms with Gasteiger partial charge in [-0.1, -0.05) is 30.3 Å². The van der Waals surface area contributed by atoms with Gasteiger partial charge in [-0.05, 0) is 28.9 Å². The molecule has 0 aliphatic heterocycles. The average molecular weight is 360 g/mol. The standard InChI is InChI=1S/C16H14BrN3S/c1-10-12(17)8-14(21-10)16-19-13(9-15(18-2)20-16)11-6-4-3-5-7-11/h3-9H,1-2H3,(H,18,19,20). The van der Waals surface area contributed by atoms with Crippen LogP contribution in [-0.4, -0.2) is 17.0 Å². The van der Waals surface area contributed by atoms with Gasteiger partial charge in [-0.2, -0.15) is 0 Å². The van der Waals surface area contributed by atoms with Crippen molar-refractivity contribution in [3.8, 4) is 22.0 Å². The van der Waals surface area contributed by atoms with E-state index in [1.807, 2.05) is 31.3 Å². The Bertz CT molecular complexity index is 749. The first-order valence-electron chi connectivity index (χ1n) is 6.56. The lowest BCUT2D eigenvalue weighted by Gasteiger charge is -2.07. The van der Waals surface area contributed by atoms with Gasteiger partial charge in [-0.25, -0.2) is 9.97 Å². The van der Waals surface area contributed by atoms with E-state index in [1.54, 1.807) is 11.3 Å². The zero-order valence-corrected chi connectivity index (χ0v) is 14.1. The van der Waals surface area contributed by atoms with Crippen LogP contribution in [-0.2, 0) is 0 Å². The molecular formula is C16H14BrN3S. The van der Waals surface area contributed by atoms with E-state index in [-0.39, 0.29) is 0 Å². The Morgan fingerprint density at radius 1 is 1.10 bits per heavy atom. The van der Waals surface area contributed by atoms with Gasteiger partial charge in [0.15, 0.2) is 5.82 Å². The summed E-state index contributed by atoms with van der Waals surface area (Å²) in [6.07, 6.45) is 0. The number of aryl methyl sites for hydroxylation is 1. The second kappa shape index (κ2) is 5.95. The highest BCUT2D eigenvalue weighted by Gasteiger charge is 2.11. The van der Waals surface area contributed by atoms with E-state index in [1.165, 1.54) is 4.88 Å². The molecular weight excluding hydrogens is 346 g/mol. The highest BCUT2D eigenvalue weighted by Crippen LogP contribution is 2.33. The third kappa shape index (κ3) is 2.99. The number of nitrogens with one attached hydrogen (secondary N) is 1. The summed E-state index contributed by atoms with van der Waals surface area (Å²) < 4.78 is 1.10. The fourth-order valence-corrected chi connectivity index (χ4v) is 3.48. The first-order chi connectivity index (χ1) is 10.2. The predicted octanol–water partition coefficient (Wildman–Crippen LogP) is 4.98. The summed E-state index contributed by atoms with van der Waals surface area (Å²) in [5, 5.41) is 3.11. The molecule has 0 fully saturated rings. The number of halogens is 1. The quantitative estimate of drug-likeness (QED) is 0.716. The molecule has 3 aromatic rings. The van der Waals surface area contributed by atoms with E-state index in [0.29, 0.717) is 0 Å². The Balaban J connectivity index is 2.13. The van der Waals surface area contributed by atoms with Gasteiger partial charge >= 0.3 is 0 Å². The average Bonchev–Trinajstić information content (AvgIpc) is 2.87. The molecule has 0 saturated carbocycles. The van der Waals surface area contributed by atoms with Crippen LogP contribution in [0.2, 0.25) is 0 Å². The van der Waals surface area contributed by atoms with E-state index in [0.717, 1.165) is 32.2 Å². The van der Waals surface area contributed by atoms with Crippen molar-refractivity contribution in [2.45, 2.75) is 6.92 Å². The van der Waals surface area contributed by atoms with E-state index >= 15 is 0 Å². The van der Waals surface area contributed by atoms with Crippen LogP contribution in [0, 0.1) is 6.92 Å². The van der Waals surface area contributed by atoms with Crippen LogP contribution in [0.4, 0.5) is 5.82 Å². The maximum Gasteiger partial charge on any atom is 0.172 e. The zero-order chi connectivity index (χ0) is 14.8. The van der Waals surface area contributed by atoms with Crippen molar-refractivity contribution >= 4 is 33.1 Å². The number of hydrogen-bond donors (Lipinski definition) is 1. The molecule has 2 heterocycles. The van der Waals surface area contributed by atoms with E-state index in [9.17, 15) is 0 Å². The Hall–Kier alpha value is -1.72. The van der Waals surface area contributed by atoms with Crippen LogP contribution >= 0.6 is 27.3 Å². The summed E-state index contributed by atoms with van der Waals surface area (Å²) in [5.41, 5.74) is 2.01. The topological polar surface area (TPSA) is 37.8 Å². The fraction of sp³-hybridized carbons (Fsp3) is 0.125. The summed E-state index contributed by atoms with van der Waals surface area (Å²) in [7, 11) is 1.87. The number of thiophene rings is 1. The molecule has 106 valence electrons. The number of hydrogen-bond acceptors (Lipinski definition) is 4. The molecule has 3 rings (SSSR count). The minimum atomic E-state index is 0.750. The lowest BCUT2D eigenvalue weighted by molar-refractivity contribution is 1.18. The van der Waals surface area contributed by atoms with Crippen LogP contribution in [0.25, 0.3) is 22.0 Å². The second-order valence-electron chi connectivity index (χ2n) is 4.59. The molecule has 0 atom stereocenters. The summed E-state index contributed by atoms with van der Waals surface area (Å²) >= 11 is 5.24. The van der Waals surface area contributed by atoms with Gasteiger partial charge in [-0.3, -0.25) is 0 Å². The van der Waals surface area contributed by atoms with Crippen molar-refractivity contribution in [2.24, 2.45) is 0 Å². The molecule has 0 aliphatic rings. The highest BCUT2D eigenvalue weighted by molar-refractivity contribution is 9.10. The second-order valence-corrected chi connectivity index (χ2v) is 6.70. The fourth-order valence-electron chi connectivity index (χ4n) is 2.01. The molecule has 1 N–H and O–H groups in total. The van der Waals surface area contributed by atoms with Crippen LogP contribution in [0.3, 0.4) is 0 Å². The van der Waals surface area contributed by atoms with Gasteiger partial charge < -0.3 is 5.32 Å². The minimum absolute atomic E-state index is 0.750. The van der Waals surface area contributed by atoms with Gasteiger partial charge in [0.25, 0.3) is 0 Å². The molecule has 0 aliphatic carbocycles. The number of aromatic nitrogens is 2. The maximum absolute atomic E-state index is 4.71. The van der Waals surface area contributed by atoms with E-state index < -0.39 is 0 Å². The third-order valence-electron chi connectivity index (χ3n) is 3.13. The molecule has 1 aromatic carbocycles. The molecule has 0 unspecified atom stereocenters. The Morgan fingerprint density at radius 2 is 1.86 bits per heavy atom. The van der Waals surface area contributed by atoms with Crippen LogP contribution in [0.5, 0.6) is 0 Å². The molecule has 0 bridgehead atoms. The lowest BCUT2D eigenvalue weighted by Crippen LogP contribution is -1.97. The van der Waals surface area contributed by atoms with Crippen LogP contribution in [0.1, 0.15) is 4.88 Å². The Labute approximate surface area is 136 Å². The molecule has 5 heteroatoms. The number of benzene rings is 1. The first kappa shape index (κ1) is 14.2. The zero-order valence-electron chi connectivity index (χ0n) is 11.7. The molecule has 0 saturated heterocycles. The van der Waals surface area contributed by atoms with Gasteiger partial charge in [-0.15, -0.1) is 11.3 Å². The maximum atomic E-state index is 4.71. The van der Waals surface area contributed by atoms with Crippen LogP contribution < -0.4 is 5.32 Å². The predicted molar refractivity (Wildman–Crippen MR) is 92.8 cm³/mol. The molecule has 3 nitrogen and oxygen atoms in total. The highest BCUT2D eigenvalue weighted by atomic mass is 79.9. The van der Waals surface area contributed by atoms with E-state index in [2.05, 4.69) is 51.4 Å². The molecule has 2 aromatic heterocycles. The summed E-state index contributed by atoms with van der Waals surface area (Å²) in [6, 6.07) is 14.2. The summed E-state index contributed by atoms with van der Waals surface area (Å²) in [5.74, 6) is 1.57. The van der Waals surface area contributed by atoms with Crippen molar-refractivity contribution in [1.29, 1.82) is 0 Å². The van der Waals surface area contributed by atoms with Gasteiger partial charge in [0.1, 0.15) is 5.82 Å². The lowest BCUT2D eigenvalue weighted by atomic mass is 10.1. The van der Waals surface area contributed by atoms with Crippen molar-refractivity contribution in [1.82, 2.24) is 9.97 Å². The van der Waals surface area contributed by atoms with Crippen molar-refractivity contribution in [2.75, 3.05) is 12.4 Å². The van der Waals surface area contributed by atoms with Gasteiger partial charge in [0.2, 0.25) is 0 Å². The summed E-state index contributed by atoms with van der Waals surface area (Å²) in [6.45, 7) is 2.08. The smallest absolute Gasteiger partial charge is 0.172 e. The molecule has 0 amide bonds. The first-order valence-corrected chi connectivity index (χ1v) is 8.17. The number of nitrogens with zero attached hydrogens (tertiary/aromatic N) is 2. The minimum Gasteiger partial charge on any atom is -0.373 e. The van der Waals surface area contributed by atoms with E-state index in [4.69, 9.17) is 4.98 Å². The van der Waals surface area contributed by atoms with Crippen molar-refractivity contribution in [3.05, 3.63) is 51.8 Å². The third-order valence-corrected chi connectivity index (χ3v) is 5.26. The number of anilines is 1. The van der Waals surface area contributed by atoms with Gasteiger partial charge in [0.05, 0.1) is 10.6 Å². The monoisotopic (exact) mass is 359 g/mol. The summed E-state index contributed by atoms with van der Waals surface area (Å²) in [4.78, 5) is 11.6. The normalized spacial score (nSPS) is 10.6. The van der Waals surface area contributed by atoms with Crippen molar-refractivity contribution in [3.63, 3.8) is 0 Å². The van der Waals surface area contributed by atoms with Gasteiger partial charge in [0, 0.05) is 28.0 Å². The van der Waals surface area contributed by atoms with Crippen LogP contribution in [0.15, 0.2) is 46.9 Å². The SMILES string of the molecule is CNc1cc(-c2ccccc2)nc(-c2cc(Br)c(C)s2)n1. The van der Waals surface area contributed by atoms with Crippen molar-refractivity contribution < 1.29 is 0 Å². The largest absolute Gasteiger partial charge is 0.373 e.